The summed E-state index contributed by atoms with van der Waals surface area (Å²) in [7, 11) is -4.46. The number of nitrogens with zero attached hydrogens (tertiary/aromatic N) is 4. The Labute approximate surface area is 230 Å². The van der Waals surface area contributed by atoms with Gasteiger partial charge in [-0.15, -0.1) is 10.2 Å². The maximum atomic E-state index is 12.3. The van der Waals surface area contributed by atoms with E-state index in [-0.39, 0.29) is 11.4 Å². The normalized spacial score (nSPS) is 14.8. The molecule has 9 nitrogen and oxygen atoms in total. The van der Waals surface area contributed by atoms with E-state index in [1.807, 2.05) is 17.0 Å². The van der Waals surface area contributed by atoms with Crippen molar-refractivity contribution < 1.29 is 31.5 Å². The Morgan fingerprint density at radius 3 is 2.33 bits per heavy atom. The van der Waals surface area contributed by atoms with Crippen LogP contribution >= 0.6 is 0 Å². The van der Waals surface area contributed by atoms with Crippen molar-refractivity contribution in [1.29, 1.82) is 0 Å². The fourth-order valence-electron chi connectivity index (χ4n) is 4.46. The van der Waals surface area contributed by atoms with Crippen molar-refractivity contribution in [2.75, 3.05) is 36.8 Å². The van der Waals surface area contributed by atoms with Crippen molar-refractivity contribution in [2.24, 2.45) is 0 Å². The lowest BCUT2D eigenvalue weighted by Gasteiger charge is -2.35. The molecule has 0 bridgehead atoms. The molecule has 1 aliphatic heterocycles. The van der Waals surface area contributed by atoms with Crippen molar-refractivity contribution in [2.45, 2.75) is 32.5 Å². The third kappa shape index (κ3) is 7.92. The minimum Gasteiger partial charge on any atom is -0.508 e. The van der Waals surface area contributed by atoms with Gasteiger partial charge in [-0.05, 0) is 52.9 Å². The monoisotopic (exact) mass is 577 g/mol. The van der Waals surface area contributed by atoms with E-state index < -0.39 is 34.3 Å². The number of phenols is 1. The molecule has 2 heterocycles. The first kappa shape index (κ1) is 29.3. The number of anilines is 1. The molecule has 214 valence electrons. The van der Waals surface area contributed by atoms with E-state index in [4.69, 9.17) is 0 Å². The van der Waals surface area contributed by atoms with Crippen LogP contribution in [0.4, 0.5) is 19.0 Å². The molecule has 3 aromatic rings. The number of benzene rings is 2. The number of aromatic nitrogens is 2. The molecule has 0 atom stereocenters. The van der Waals surface area contributed by atoms with Crippen molar-refractivity contribution >= 4 is 21.7 Å². The number of nitrogens with one attached hydrogen (secondary N) is 1. The fourth-order valence-corrected chi connectivity index (χ4v) is 5.45. The van der Waals surface area contributed by atoms with Crippen LogP contribution in [0.15, 0.2) is 54.6 Å². The minimum absolute atomic E-state index is 0.230. The Morgan fingerprint density at radius 1 is 0.975 bits per heavy atom. The number of carbonyl (C=O) groups excluding carboxylic acids is 1. The number of hydrogen-bond acceptors (Lipinski definition) is 8. The predicted molar refractivity (Wildman–Crippen MR) is 144 cm³/mol. The predicted octanol–water partition coefficient (Wildman–Crippen LogP) is 3.75. The Bertz CT molecular complexity index is 1440. The van der Waals surface area contributed by atoms with Gasteiger partial charge in [0.05, 0.1) is 12.2 Å². The van der Waals surface area contributed by atoms with Gasteiger partial charge in [-0.25, -0.2) is 13.1 Å². The lowest BCUT2D eigenvalue weighted by atomic mass is 9.97. The zero-order valence-corrected chi connectivity index (χ0v) is 22.7. The lowest BCUT2D eigenvalue weighted by molar-refractivity contribution is -0.130. The molecule has 13 heteroatoms. The van der Waals surface area contributed by atoms with Gasteiger partial charge in [0, 0.05) is 32.7 Å². The summed E-state index contributed by atoms with van der Waals surface area (Å²) in [6.45, 7) is 5.75. The van der Waals surface area contributed by atoms with Gasteiger partial charge in [-0.2, -0.15) is 13.2 Å². The van der Waals surface area contributed by atoms with Gasteiger partial charge in [0.2, 0.25) is 10.0 Å². The van der Waals surface area contributed by atoms with E-state index in [0.29, 0.717) is 18.9 Å². The zero-order chi connectivity index (χ0) is 28.9. The maximum Gasteiger partial charge on any atom is 0.390 e. The molecule has 0 unspecified atom stereocenters. The molecule has 1 fully saturated rings. The van der Waals surface area contributed by atoms with Gasteiger partial charge < -0.3 is 10.0 Å². The molecule has 1 aliphatic rings. The Morgan fingerprint density at radius 2 is 1.70 bits per heavy atom. The van der Waals surface area contributed by atoms with E-state index >= 15 is 0 Å². The van der Waals surface area contributed by atoms with Gasteiger partial charge in [-0.3, -0.25) is 9.69 Å². The highest BCUT2D eigenvalue weighted by Gasteiger charge is 2.31. The summed E-state index contributed by atoms with van der Waals surface area (Å²) in [5.74, 6) is -1.64. The van der Waals surface area contributed by atoms with Crippen molar-refractivity contribution in [3.63, 3.8) is 0 Å². The van der Waals surface area contributed by atoms with Crippen LogP contribution < -0.4 is 9.62 Å². The van der Waals surface area contributed by atoms with E-state index in [1.165, 1.54) is 23.3 Å². The molecule has 4 rings (SSSR count). The molecule has 0 spiro atoms. The van der Waals surface area contributed by atoms with Crippen LogP contribution in [0.5, 0.6) is 5.75 Å². The largest absolute Gasteiger partial charge is 0.508 e. The second-order valence-electron chi connectivity index (χ2n) is 9.54. The molecule has 2 aromatic carbocycles. The highest BCUT2D eigenvalue weighted by Crippen LogP contribution is 2.27. The molecule has 2 N–H and O–H groups in total. The number of aryl methyl sites for hydroxylation is 1. The Hall–Kier alpha value is -3.71. The van der Waals surface area contributed by atoms with E-state index in [2.05, 4.69) is 40.2 Å². The number of amides is 1. The van der Waals surface area contributed by atoms with Gasteiger partial charge in [0.1, 0.15) is 5.75 Å². The van der Waals surface area contributed by atoms with Crippen LogP contribution in [0, 0.1) is 0 Å². The fraction of sp³-hybridized carbons (Fsp3) is 0.370. The summed E-state index contributed by atoms with van der Waals surface area (Å²) in [6, 6.07) is 16.4. The van der Waals surface area contributed by atoms with Crippen LogP contribution in [0.1, 0.15) is 35.0 Å². The molecule has 40 heavy (non-hydrogen) atoms. The number of piperazine rings is 1. The maximum absolute atomic E-state index is 12.3. The van der Waals surface area contributed by atoms with Crippen LogP contribution in [0.2, 0.25) is 0 Å². The topological polar surface area (TPSA) is 116 Å². The van der Waals surface area contributed by atoms with Gasteiger partial charge in [0.15, 0.2) is 11.5 Å². The van der Waals surface area contributed by atoms with Crippen molar-refractivity contribution in [3.8, 4) is 16.9 Å². The van der Waals surface area contributed by atoms with Crippen LogP contribution in [0.3, 0.4) is 0 Å². The van der Waals surface area contributed by atoms with E-state index in [9.17, 15) is 31.5 Å². The number of rotatable bonds is 9. The molecular formula is C27H30F3N5O4S. The molecule has 1 amide bonds. The number of sulfonamides is 1. The summed E-state index contributed by atoms with van der Waals surface area (Å²) < 4.78 is 62.0. The summed E-state index contributed by atoms with van der Waals surface area (Å²) >= 11 is 0. The van der Waals surface area contributed by atoms with E-state index in [0.717, 1.165) is 37.2 Å². The second-order valence-corrected chi connectivity index (χ2v) is 11.4. The zero-order valence-electron chi connectivity index (χ0n) is 21.9. The summed E-state index contributed by atoms with van der Waals surface area (Å²) in [4.78, 5) is 16.5. The van der Waals surface area contributed by atoms with Crippen LogP contribution in [-0.2, 0) is 23.0 Å². The molecule has 0 radical (unpaired) electrons. The average molecular weight is 578 g/mol. The van der Waals surface area contributed by atoms with E-state index in [1.54, 1.807) is 16.9 Å². The first-order chi connectivity index (χ1) is 18.9. The molecule has 0 saturated carbocycles. The molecule has 1 saturated heterocycles. The summed E-state index contributed by atoms with van der Waals surface area (Å²) in [5, 5.41) is 17.6. The molecule has 1 aromatic heterocycles. The minimum atomic E-state index is -4.65. The molecular weight excluding hydrogens is 547 g/mol. The third-order valence-corrected chi connectivity index (χ3v) is 7.88. The number of hydrogen-bond donors (Lipinski definition) is 2. The summed E-state index contributed by atoms with van der Waals surface area (Å²) in [5.41, 5.74) is 4.18. The van der Waals surface area contributed by atoms with Gasteiger partial charge in [-0.1, -0.05) is 37.3 Å². The first-order valence-electron chi connectivity index (χ1n) is 12.8. The summed E-state index contributed by atoms with van der Waals surface area (Å²) in [6.07, 6.45) is -5.34. The third-order valence-electron chi connectivity index (χ3n) is 6.64. The van der Waals surface area contributed by atoms with Crippen molar-refractivity contribution in [1.82, 2.24) is 19.8 Å². The Kier molecular flexibility index (Phi) is 8.94. The smallest absolute Gasteiger partial charge is 0.390 e. The second kappa shape index (κ2) is 12.2. The average Bonchev–Trinajstić information content (AvgIpc) is 2.92. The first-order valence-corrected chi connectivity index (χ1v) is 14.4. The molecule has 0 aliphatic carbocycles. The SMILES string of the molecule is CCc1cc(-c2cccc(O)c2)ccc1CN1CCN(c2ccc(C(=O)NS(=O)(=O)CCC(F)(F)F)nn2)CC1. The highest BCUT2D eigenvalue weighted by molar-refractivity contribution is 7.90. The lowest BCUT2D eigenvalue weighted by Crippen LogP contribution is -2.46. The number of aromatic hydroxyl groups is 1. The van der Waals surface area contributed by atoms with Crippen LogP contribution in [-0.4, -0.2) is 72.6 Å². The number of carbonyl (C=O) groups is 1. The highest BCUT2D eigenvalue weighted by atomic mass is 32.2. The quantitative estimate of drug-likeness (QED) is 0.395. The standard InChI is InChI=1S/C27H30F3N5O4S/c1-2-19-16-21(20-4-3-5-23(36)17-20)6-7-22(19)18-34-11-13-35(14-12-34)25-9-8-24(31-32-25)26(37)33-40(38,39)15-10-27(28,29)30/h3-9,16-17,36H,2,10-15,18H2,1H3,(H,33,37). The van der Waals surface area contributed by atoms with Crippen molar-refractivity contribution in [3.05, 3.63) is 71.4 Å². The number of phenolic OH excluding ortho intramolecular Hbond substituents is 1. The van der Waals surface area contributed by atoms with Gasteiger partial charge >= 0.3 is 6.18 Å². The number of halogens is 3. The Balaban J connectivity index is 1.32. The van der Waals surface area contributed by atoms with Gasteiger partial charge in [0.25, 0.3) is 5.91 Å². The van der Waals surface area contributed by atoms with Crippen LogP contribution in [0.25, 0.3) is 11.1 Å². The number of alkyl halides is 3.